The van der Waals surface area contributed by atoms with Gasteiger partial charge in [-0.3, -0.25) is 19.8 Å². The molecule has 162 valence electrons. The fraction of sp³-hybridized carbons (Fsp3) is 0.130. The van der Waals surface area contributed by atoms with Gasteiger partial charge >= 0.3 is 0 Å². The number of aliphatic imine (C=N–C) groups is 1. The summed E-state index contributed by atoms with van der Waals surface area (Å²) in [5.74, 6) is -0.867. The number of halogens is 1. The molecule has 1 unspecified atom stereocenters. The minimum absolute atomic E-state index is 0.224. The number of hydrogen-bond donors (Lipinski definition) is 1. The highest BCUT2D eigenvalue weighted by Crippen LogP contribution is 2.31. The van der Waals surface area contributed by atoms with Gasteiger partial charge in [0, 0.05) is 6.07 Å². The maximum Gasteiger partial charge on any atom is 0.283 e. The number of nitrogens with one attached hydrogen (secondary N) is 1. The lowest BCUT2D eigenvalue weighted by atomic mass is 10.2. The molecule has 3 aromatic rings. The second-order valence-corrected chi connectivity index (χ2v) is 8.34. The number of aryl methyl sites for hydroxylation is 1. The van der Waals surface area contributed by atoms with Crippen molar-refractivity contribution >= 4 is 46.4 Å². The van der Waals surface area contributed by atoms with Crippen molar-refractivity contribution in [1.82, 2.24) is 5.16 Å². The standard InChI is InChI=1S/C23H19FN4O3S/c1-14-12-20(31-27-14)26-21(29)15(2)32-23-25-19(13-16-6-4-3-5-7-16)22(30)28(23)18-10-8-17(24)9-11-18/h3-13,15H,1-2H3,(H,26,29)/b19-13-. The number of thioether (sulfide) groups is 1. The second-order valence-electron chi connectivity index (χ2n) is 7.03. The van der Waals surface area contributed by atoms with Gasteiger partial charge < -0.3 is 4.52 Å². The Balaban J connectivity index is 1.61. The van der Waals surface area contributed by atoms with Crippen LogP contribution in [0.4, 0.5) is 16.0 Å². The summed E-state index contributed by atoms with van der Waals surface area (Å²) in [7, 11) is 0. The van der Waals surface area contributed by atoms with Crippen LogP contribution in [0, 0.1) is 12.7 Å². The van der Waals surface area contributed by atoms with E-state index in [-0.39, 0.29) is 23.4 Å². The van der Waals surface area contributed by atoms with Gasteiger partial charge in [-0.1, -0.05) is 47.3 Å². The van der Waals surface area contributed by atoms with Crippen LogP contribution < -0.4 is 10.2 Å². The third-order valence-electron chi connectivity index (χ3n) is 4.54. The van der Waals surface area contributed by atoms with Crippen molar-refractivity contribution in [3.05, 3.63) is 83.4 Å². The molecule has 32 heavy (non-hydrogen) atoms. The first-order valence-corrected chi connectivity index (χ1v) is 10.6. The van der Waals surface area contributed by atoms with Crippen LogP contribution >= 0.6 is 11.8 Å². The number of rotatable bonds is 5. The van der Waals surface area contributed by atoms with Crippen molar-refractivity contribution < 1.29 is 18.5 Å². The van der Waals surface area contributed by atoms with Crippen LogP contribution in [0.2, 0.25) is 0 Å². The number of nitrogens with zero attached hydrogens (tertiary/aromatic N) is 3. The highest BCUT2D eigenvalue weighted by molar-refractivity contribution is 8.15. The average Bonchev–Trinajstić information content (AvgIpc) is 3.32. The van der Waals surface area contributed by atoms with E-state index in [1.54, 1.807) is 26.0 Å². The summed E-state index contributed by atoms with van der Waals surface area (Å²) in [4.78, 5) is 31.6. The van der Waals surface area contributed by atoms with E-state index < -0.39 is 11.1 Å². The zero-order valence-corrected chi connectivity index (χ0v) is 18.1. The molecule has 0 aliphatic carbocycles. The fourth-order valence-corrected chi connectivity index (χ4v) is 3.88. The second kappa shape index (κ2) is 9.19. The summed E-state index contributed by atoms with van der Waals surface area (Å²) in [6, 6.07) is 16.5. The quantitative estimate of drug-likeness (QED) is 0.573. The minimum atomic E-state index is -0.606. The lowest BCUT2D eigenvalue weighted by Gasteiger charge is -2.19. The monoisotopic (exact) mass is 450 g/mol. The number of carbonyl (C=O) groups is 2. The van der Waals surface area contributed by atoms with Crippen LogP contribution in [0.3, 0.4) is 0 Å². The molecular weight excluding hydrogens is 431 g/mol. The van der Waals surface area contributed by atoms with Gasteiger partial charge in [-0.25, -0.2) is 9.38 Å². The van der Waals surface area contributed by atoms with Crippen LogP contribution in [-0.2, 0) is 9.59 Å². The van der Waals surface area contributed by atoms with Crippen molar-refractivity contribution in [3.8, 4) is 0 Å². The van der Waals surface area contributed by atoms with Crippen LogP contribution in [-0.4, -0.2) is 27.4 Å². The number of hydrogen-bond acceptors (Lipinski definition) is 6. The summed E-state index contributed by atoms with van der Waals surface area (Å²) in [5.41, 5.74) is 2.14. The van der Waals surface area contributed by atoms with E-state index in [2.05, 4.69) is 15.5 Å². The molecule has 1 atom stereocenters. The number of carbonyl (C=O) groups excluding carboxylic acids is 2. The molecule has 2 amide bonds. The molecule has 1 N–H and O–H groups in total. The molecule has 0 fully saturated rings. The summed E-state index contributed by atoms with van der Waals surface area (Å²) in [6.07, 6.45) is 1.68. The minimum Gasteiger partial charge on any atom is -0.338 e. The Kier molecular flexibility index (Phi) is 6.18. The van der Waals surface area contributed by atoms with Crippen LogP contribution in [0.15, 0.2) is 75.9 Å². The molecule has 2 heterocycles. The van der Waals surface area contributed by atoms with E-state index in [4.69, 9.17) is 4.52 Å². The fourth-order valence-electron chi connectivity index (χ4n) is 2.96. The van der Waals surface area contributed by atoms with Crippen molar-refractivity contribution in [2.75, 3.05) is 10.2 Å². The van der Waals surface area contributed by atoms with E-state index in [1.165, 1.54) is 29.2 Å². The van der Waals surface area contributed by atoms with Gasteiger partial charge in [0.2, 0.25) is 11.8 Å². The summed E-state index contributed by atoms with van der Waals surface area (Å²) >= 11 is 1.11. The molecule has 9 heteroatoms. The molecule has 0 bridgehead atoms. The third kappa shape index (κ3) is 4.78. The molecule has 1 aromatic heterocycles. The predicted octanol–water partition coefficient (Wildman–Crippen LogP) is 4.63. The zero-order chi connectivity index (χ0) is 22.7. The number of anilines is 2. The molecule has 0 saturated carbocycles. The highest BCUT2D eigenvalue weighted by Gasteiger charge is 2.34. The van der Waals surface area contributed by atoms with Crippen molar-refractivity contribution in [2.45, 2.75) is 19.1 Å². The predicted molar refractivity (Wildman–Crippen MR) is 123 cm³/mol. The molecule has 0 spiro atoms. The van der Waals surface area contributed by atoms with Gasteiger partial charge in [-0.2, -0.15) is 0 Å². The Hall–Kier alpha value is -3.72. The summed E-state index contributed by atoms with van der Waals surface area (Å²) in [6.45, 7) is 3.44. The Labute approximate surface area is 188 Å². The maximum absolute atomic E-state index is 13.4. The number of amidine groups is 1. The molecule has 1 aliphatic heterocycles. The highest BCUT2D eigenvalue weighted by atomic mass is 32.2. The number of benzene rings is 2. The smallest absolute Gasteiger partial charge is 0.283 e. The van der Waals surface area contributed by atoms with Gasteiger partial charge in [-0.05, 0) is 49.8 Å². The molecule has 1 aliphatic rings. The van der Waals surface area contributed by atoms with Gasteiger partial charge in [0.15, 0.2) is 5.17 Å². The first-order valence-electron chi connectivity index (χ1n) is 9.77. The Bertz CT molecular complexity index is 1210. The van der Waals surface area contributed by atoms with Crippen molar-refractivity contribution in [1.29, 1.82) is 0 Å². The maximum atomic E-state index is 13.4. The van der Waals surface area contributed by atoms with Gasteiger partial charge in [0.1, 0.15) is 11.5 Å². The lowest BCUT2D eigenvalue weighted by Crippen LogP contribution is -2.33. The summed E-state index contributed by atoms with van der Waals surface area (Å²) < 4.78 is 18.5. The molecule has 7 nitrogen and oxygen atoms in total. The van der Waals surface area contributed by atoms with E-state index in [0.29, 0.717) is 16.5 Å². The van der Waals surface area contributed by atoms with Crippen LogP contribution in [0.1, 0.15) is 18.2 Å². The third-order valence-corrected chi connectivity index (χ3v) is 5.60. The Morgan fingerprint density at radius 3 is 2.56 bits per heavy atom. The SMILES string of the molecule is Cc1cc(NC(=O)C(C)SC2=N/C(=C\c3ccccc3)C(=O)N2c2ccc(F)cc2)on1. The molecule has 2 aromatic carbocycles. The van der Waals surface area contributed by atoms with Gasteiger partial charge in [0.25, 0.3) is 5.91 Å². The van der Waals surface area contributed by atoms with Crippen LogP contribution in [0.5, 0.6) is 0 Å². The molecule has 0 saturated heterocycles. The molecular formula is C23H19FN4O3S. The zero-order valence-electron chi connectivity index (χ0n) is 17.3. The lowest BCUT2D eigenvalue weighted by molar-refractivity contribution is -0.115. The van der Waals surface area contributed by atoms with E-state index in [0.717, 1.165) is 17.3 Å². The Morgan fingerprint density at radius 2 is 1.91 bits per heavy atom. The number of aromatic nitrogens is 1. The number of amides is 2. The first kappa shape index (κ1) is 21.5. The topological polar surface area (TPSA) is 87.8 Å². The first-order chi connectivity index (χ1) is 15.4. The van der Waals surface area contributed by atoms with Crippen molar-refractivity contribution in [2.24, 2.45) is 4.99 Å². The van der Waals surface area contributed by atoms with E-state index >= 15 is 0 Å². The largest absolute Gasteiger partial charge is 0.338 e. The Morgan fingerprint density at radius 1 is 1.19 bits per heavy atom. The molecule has 0 radical (unpaired) electrons. The van der Waals surface area contributed by atoms with Crippen molar-refractivity contribution in [3.63, 3.8) is 0 Å². The molecule has 4 rings (SSSR count). The summed E-state index contributed by atoms with van der Waals surface area (Å²) in [5, 5.41) is 6.10. The average molecular weight is 450 g/mol. The van der Waals surface area contributed by atoms with E-state index in [9.17, 15) is 14.0 Å². The normalized spacial score (nSPS) is 15.7. The van der Waals surface area contributed by atoms with E-state index in [1.807, 2.05) is 30.3 Å². The van der Waals surface area contributed by atoms with Crippen LogP contribution in [0.25, 0.3) is 6.08 Å². The van der Waals surface area contributed by atoms with Gasteiger partial charge in [0.05, 0.1) is 16.6 Å². The van der Waals surface area contributed by atoms with Gasteiger partial charge in [-0.15, -0.1) is 0 Å².